The lowest BCUT2D eigenvalue weighted by atomic mass is 9.82. The van der Waals surface area contributed by atoms with Gasteiger partial charge in [0.2, 0.25) is 0 Å². The van der Waals surface area contributed by atoms with Gasteiger partial charge in [0.1, 0.15) is 11.7 Å². The molecule has 0 aliphatic heterocycles. The molecule has 0 aliphatic carbocycles. The Balaban J connectivity index is 2.56. The van der Waals surface area contributed by atoms with E-state index in [9.17, 15) is 4.79 Å². The van der Waals surface area contributed by atoms with E-state index in [0.29, 0.717) is 0 Å². The van der Waals surface area contributed by atoms with E-state index in [0.717, 1.165) is 11.3 Å². The zero-order valence-electron chi connectivity index (χ0n) is 9.79. The number of rotatable bonds is 3. The lowest BCUT2D eigenvalue weighted by molar-refractivity contribution is -0.140. The van der Waals surface area contributed by atoms with Gasteiger partial charge in [0.05, 0.1) is 5.69 Å². The number of aromatic nitrogens is 2. The second-order valence-electron chi connectivity index (χ2n) is 4.61. The summed E-state index contributed by atoms with van der Waals surface area (Å²) in [5, 5.41) is 9.03. The molecule has 2 rings (SSSR count). The predicted molar refractivity (Wildman–Crippen MR) is 63.8 cm³/mol. The largest absolute Gasteiger partial charge is 0.480 e. The highest BCUT2D eigenvalue weighted by Crippen LogP contribution is 2.26. The fourth-order valence-electron chi connectivity index (χ4n) is 1.88. The summed E-state index contributed by atoms with van der Waals surface area (Å²) in [7, 11) is 0. The van der Waals surface area contributed by atoms with Crippen LogP contribution in [0.5, 0.6) is 0 Å². The number of imidazole rings is 1. The van der Waals surface area contributed by atoms with Gasteiger partial charge >= 0.3 is 5.97 Å². The number of carboxylic acids is 1. The molecular formula is C12H15N3O2. The Bertz CT molecular complexity index is 560. The monoisotopic (exact) mass is 233 g/mol. The number of fused-ring (bicyclic) bond motifs is 1. The third-order valence-corrected chi connectivity index (χ3v) is 3.12. The summed E-state index contributed by atoms with van der Waals surface area (Å²) in [5.74, 6) is -1.01. The summed E-state index contributed by atoms with van der Waals surface area (Å²) in [5.41, 5.74) is 6.63. The maximum Gasteiger partial charge on any atom is 0.321 e. The van der Waals surface area contributed by atoms with Crippen molar-refractivity contribution in [3.8, 4) is 0 Å². The fourth-order valence-corrected chi connectivity index (χ4v) is 1.88. The van der Waals surface area contributed by atoms with E-state index >= 15 is 0 Å². The second-order valence-corrected chi connectivity index (χ2v) is 4.61. The third kappa shape index (κ3) is 1.78. The number of nitrogens with two attached hydrogens (primary N) is 1. The first kappa shape index (κ1) is 11.6. The molecule has 3 N–H and O–H groups in total. The average molecular weight is 233 g/mol. The van der Waals surface area contributed by atoms with Crippen LogP contribution in [0.4, 0.5) is 0 Å². The molecule has 2 heterocycles. The number of pyridine rings is 1. The molecule has 2 aromatic rings. The first-order valence-corrected chi connectivity index (χ1v) is 5.35. The highest BCUT2D eigenvalue weighted by molar-refractivity contribution is 5.75. The van der Waals surface area contributed by atoms with Crippen LogP contribution < -0.4 is 5.73 Å². The lowest BCUT2D eigenvalue weighted by Gasteiger charge is -2.28. The number of hydrogen-bond acceptors (Lipinski definition) is 3. The van der Waals surface area contributed by atoms with E-state index in [2.05, 4.69) is 4.98 Å². The third-order valence-electron chi connectivity index (χ3n) is 3.12. The standard InChI is InChI=1S/C12H15N3O2/c1-12(2,10(13)11(16)17)8-7-14-9-5-3-4-6-15(8)9/h3-7,10H,13H2,1-2H3,(H,16,17). The molecule has 0 bridgehead atoms. The van der Waals surface area contributed by atoms with Crippen molar-refractivity contribution in [2.45, 2.75) is 25.3 Å². The van der Waals surface area contributed by atoms with E-state index in [1.54, 1.807) is 6.20 Å². The molecule has 0 radical (unpaired) electrons. The van der Waals surface area contributed by atoms with Crippen LogP contribution >= 0.6 is 0 Å². The summed E-state index contributed by atoms with van der Waals surface area (Å²) >= 11 is 0. The Morgan fingerprint density at radius 2 is 2.24 bits per heavy atom. The summed E-state index contributed by atoms with van der Waals surface area (Å²) in [6, 6.07) is 4.66. The molecule has 0 saturated carbocycles. The molecular weight excluding hydrogens is 218 g/mol. The molecule has 1 unspecified atom stereocenters. The molecule has 0 aliphatic rings. The molecule has 90 valence electrons. The number of nitrogens with zero attached hydrogens (tertiary/aromatic N) is 2. The minimum absolute atomic E-state index is 0.688. The first-order valence-electron chi connectivity index (χ1n) is 5.35. The van der Waals surface area contributed by atoms with E-state index in [1.165, 1.54) is 0 Å². The van der Waals surface area contributed by atoms with Crippen molar-refractivity contribution in [2.75, 3.05) is 0 Å². The summed E-state index contributed by atoms with van der Waals surface area (Å²) in [4.78, 5) is 15.3. The zero-order chi connectivity index (χ0) is 12.6. The Labute approximate surface area is 98.9 Å². The van der Waals surface area contributed by atoms with Crippen LogP contribution in [-0.4, -0.2) is 26.5 Å². The van der Waals surface area contributed by atoms with Crippen molar-refractivity contribution < 1.29 is 9.90 Å². The molecule has 2 aromatic heterocycles. The van der Waals surface area contributed by atoms with Crippen molar-refractivity contribution in [2.24, 2.45) is 5.73 Å². The van der Waals surface area contributed by atoms with Crippen LogP contribution in [0.1, 0.15) is 19.5 Å². The fraction of sp³-hybridized carbons (Fsp3) is 0.333. The number of aliphatic carboxylic acids is 1. The van der Waals surface area contributed by atoms with Gasteiger partial charge in [0.15, 0.2) is 0 Å². The molecule has 5 heteroatoms. The minimum Gasteiger partial charge on any atom is -0.480 e. The van der Waals surface area contributed by atoms with Crippen LogP contribution in [0.3, 0.4) is 0 Å². The Kier molecular flexibility index (Phi) is 2.63. The maximum atomic E-state index is 11.0. The van der Waals surface area contributed by atoms with Gasteiger partial charge < -0.3 is 15.2 Å². The number of carbonyl (C=O) groups is 1. The van der Waals surface area contributed by atoms with Crippen molar-refractivity contribution in [3.05, 3.63) is 36.3 Å². The molecule has 1 atom stereocenters. The Morgan fingerprint density at radius 3 is 2.88 bits per heavy atom. The molecule has 5 nitrogen and oxygen atoms in total. The van der Waals surface area contributed by atoms with Crippen molar-refractivity contribution >= 4 is 11.6 Å². The van der Waals surface area contributed by atoms with E-state index in [-0.39, 0.29) is 0 Å². The van der Waals surface area contributed by atoms with Crippen molar-refractivity contribution in [3.63, 3.8) is 0 Å². The van der Waals surface area contributed by atoms with Crippen molar-refractivity contribution in [1.82, 2.24) is 9.38 Å². The smallest absolute Gasteiger partial charge is 0.321 e. The van der Waals surface area contributed by atoms with Gasteiger partial charge in [0.25, 0.3) is 0 Å². The van der Waals surface area contributed by atoms with Gasteiger partial charge in [-0.2, -0.15) is 0 Å². The molecule has 0 spiro atoms. The summed E-state index contributed by atoms with van der Waals surface area (Å²) < 4.78 is 1.86. The van der Waals surface area contributed by atoms with Gasteiger partial charge in [-0.25, -0.2) is 4.98 Å². The Morgan fingerprint density at radius 1 is 1.53 bits per heavy atom. The van der Waals surface area contributed by atoms with Crippen LogP contribution in [0, 0.1) is 0 Å². The quantitative estimate of drug-likeness (QED) is 0.829. The lowest BCUT2D eigenvalue weighted by Crippen LogP contribution is -2.47. The Hall–Kier alpha value is -1.88. The first-order chi connectivity index (χ1) is 7.94. The predicted octanol–water partition coefficient (Wildman–Crippen LogP) is 1.02. The van der Waals surface area contributed by atoms with Crippen LogP contribution in [-0.2, 0) is 10.2 Å². The average Bonchev–Trinajstić information content (AvgIpc) is 2.72. The second kappa shape index (κ2) is 3.85. The van der Waals surface area contributed by atoms with Gasteiger partial charge in [-0.3, -0.25) is 4.79 Å². The molecule has 0 amide bonds. The molecule has 0 aromatic carbocycles. The van der Waals surface area contributed by atoms with E-state index in [1.807, 2.05) is 42.6 Å². The normalized spacial score (nSPS) is 13.8. The van der Waals surface area contributed by atoms with E-state index < -0.39 is 17.4 Å². The summed E-state index contributed by atoms with van der Waals surface area (Å²) in [6.07, 6.45) is 3.53. The number of hydrogen-bond donors (Lipinski definition) is 2. The SMILES string of the molecule is CC(C)(c1cnc2ccccn12)C(N)C(=O)O. The van der Waals surface area contributed by atoms with E-state index in [4.69, 9.17) is 10.8 Å². The van der Waals surface area contributed by atoms with Crippen LogP contribution in [0.2, 0.25) is 0 Å². The van der Waals surface area contributed by atoms with Gasteiger partial charge in [0, 0.05) is 17.8 Å². The molecule has 17 heavy (non-hydrogen) atoms. The topological polar surface area (TPSA) is 80.6 Å². The minimum atomic E-state index is -1.01. The maximum absolute atomic E-state index is 11.0. The van der Waals surface area contributed by atoms with Crippen molar-refractivity contribution in [1.29, 1.82) is 0 Å². The van der Waals surface area contributed by atoms with Crippen LogP contribution in [0.25, 0.3) is 5.65 Å². The van der Waals surface area contributed by atoms with Crippen LogP contribution in [0.15, 0.2) is 30.6 Å². The van der Waals surface area contributed by atoms with Gasteiger partial charge in [-0.05, 0) is 12.1 Å². The zero-order valence-corrected chi connectivity index (χ0v) is 9.79. The highest BCUT2D eigenvalue weighted by atomic mass is 16.4. The molecule has 0 saturated heterocycles. The highest BCUT2D eigenvalue weighted by Gasteiger charge is 2.36. The number of carboxylic acid groups (broad SMARTS) is 1. The van der Waals surface area contributed by atoms with Gasteiger partial charge in [-0.1, -0.05) is 19.9 Å². The summed E-state index contributed by atoms with van der Waals surface area (Å²) in [6.45, 7) is 3.62. The van der Waals surface area contributed by atoms with Gasteiger partial charge in [-0.15, -0.1) is 0 Å². The molecule has 0 fully saturated rings.